The molecule has 1 aromatic heterocycles. The Morgan fingerprint density at radius 2 is 1.85 bits per heavy atom. The summed E-state index contributed by atoms with van der Waals surface area (Å²) in [6.45, 7) is 8.53. The molecule has 0 bridgehead atoms. The van der Waals surface area contributed by atoms with Crippen molar-refractivity contribution in [2.75, 3.05) is 0 Å². The molecule has 0 aliphatic heterocycles. The molecule has 2 aromatic rings. The number of aromatic nitrogens is 2. The number of carbonyl (C=O) groups is 1. The Balaban J connectivity index is 2.56. The minimum atomic E-state index is -0.991. The molecule has 4 nitrogen and oxygen atoms in total. The fourth-order valence-corrected chi connectivity index (χ4v) is 2.23. The summed E-state index contributed by atoms with van der Waals surface area (Å²) in [4.78, 5) is 11.0. The number of carboxylic acids is 1. The van der Waals surface area contributed by atoms with Gasteiger partial charge in [0.2, 0.25) is 0 Å². The maximum atomic E-state index is 11.0. The molecule has 2 N–H and O–H groups in total. The Labute approximate surface area is 118 Å². The Morgan fingerprint density at radius 1 is 1.15 bits per heavy atom. The van der Waals surface area contributed by atoms with Gasteiger partial charge in [0.1, 0.15) is 5.69 Å². The smallest absolute Gasteiger partial charge is 0.353 e. The molecule has 4 heteroatoms. The molecule has 20 heavy (non-hydrogen) atoms. The second-order valence-electron chi connectivity index (χ2n) is 5.63. The second-order valence-corrected chi connectivity index (χ2v) is 5.63. The van der Waals surface area contributed by atoms with Gasteiger partial charge >= 0.3 is 5.97 Å². The quantitative estimate of drug-likeness (QED) is 0.883. The molecule has 1 heterocycles. The number of benzene rings is 1. The van der Waals surface area contributed by atoms with Crippen LogP contribution in [0.5, 0.6) is 0 Å². The zero-order valence-electron chi connectivity index (χ0n) is 12.3. The van der Waals surface area contributed by atoms with Crippen LogP contribution < -0.4 is 0 Å². The topological polar surface area (TPSA) is 66.0 Å². The highest BCUT2D eigenvalue weighted by atomic mass is 16.4. The fraction of sp³-hybridized carbons (Fsp3) is 0.375. The van der Waals surface area contributed by atoms with E-state index < -0.39 is 5.97 Å². The van der Waals surface area contributed by atoms with E-state index in [9.17, 15) is 4.79 Å². The summed E-state index contributed by atoms with van der Waals surface area (Å²) in [6.07, 6.45) is 0. The van der Waals surface area contributed by atoms with Crippen molar-refractivity contribution in [2.45, 2.75) is 39.5 Å². The summed E-state index contributed by atoms with van der Waals surface area (Å²) in [6, 6.07) is 7.95. The second kappa shape index (κ2) is 5.49. The molecule has 0 saturated heterocycles. The Bertz CT molecular complexity index is 627. The van der Waals surface area contributed by atoms with Crippen molar-refractivity contribution in [3.63, 3.8) is 0 Å². The number of nitrogens with zero attached hydrogens (tertiary/aromatic N) is 1. The van der Waals surface area contributed by atoms with Crippen LogP contribution in [0.3, 0.4) is 0 Å². The van der Waals surface area contributed by atoms with Gasteiger partial charge in [0.15, 0.2) is 0 Å². The van der Waals surface area contributed by atoms with E-state index in [0.717, 1.165) is 5.56 Å². The van der Waals surface area contributed by atoms with Crippen molar-refractivity contribution in [3.8, 4) is 11.3 Å². The number of carboxylic acid groups (broad SMARTS) is 1. The van der Waals surface area contributed by atoms with Crippen molar-refractivity contribution in [1.29, 1.82) is 0 Å². The van der Waals surface area contributed by atoms with E-state index in [1.807, 2.05) is 0 Å². The maximum Gasteiger partial charge on any atom is 0.353 e. The fourth-order valence-electron chi connectivity index (χ4n) is 2.23. The summed E-state index contributed by atoms with van der Waals surface area (Å²) in [5.74, 6) is -0.209. The first-order valence-corrected chi connectivity index (χ1v) is 6.83. The third-order valence-electron chi connectivity index (χ3n) is 3.45. The van der Waals surface area contributed by atoms with Gasteiger partial charge in [0, 0.05) is 5.56 Å². The van der Waals surface area contributed by atoms with Crippen molar-refractivity contribution in [1.82, 2.24) is 10.2 Å². The highest BCUT2D eigenvalue weighted by Gasteiger charge is 2.15. The SMILES string of the molecule is CC(C)c1ccc(C(C)C)c(-c2cc(C(=O)O)[nH]n2)c1. The van der Waals surface area contributed by atoms with Gasteiger partial charge in [-0.05, 0) is 35.1 Å². The van der Waals surface area contributed by atoms with Gasteiger partial charge in [-0.3, -0.25) is 5.10 Å². The number of aromatic amines is 1. The van der Waals surface area contributed by atoms with E-state index in [2.05, 4.69) is 56.1 Å². The van der Waals surface area contributed by atoms with Crippen LogP contribution in [-0.4, -0.2) is 21.3 Å². The number of hydrogen-bond acceptors (Lipinski definition) is 2. The van der Waals surface area contributed by atoms with E-state index in [-0.39, 0.29) is 5.69 Å². The average Bonchev–Trinajstić information content (AvgIpc) is 2.87. The predicted octanol–water partition coefficient (Wildman–Crippen LogP) is 4.02. The highest BCUT2D eigenvalue weighted by Crippen LogP contribution is 2.31. The normalized spacial score (nSPS) is 11.3. The monoisotopic (exact) mass is 272 g/mol. The van der Waals surface area contributed by atoms with Crippen LogP contribution >= 0.6 is 0 Å². The first kappa shape index (κ1) is 14.3. The Kier molecular flexibility index (Phi) is 3.93. The summed E-state index contributed by atoms with van der Waals surface area (Å²) >= 11 is 0. The van der Waals surface area contributed by atoms with Gasteiger partial charge in [0.05, 0.1) is 5.69 Å². The number of rotatable bonds is 4. The molecule has 0 unspecified atom stereocenters. The van der Waals surface area contributed by atoms with Crippen LogP contribution in [0.4, 0.5) is 0 Å². The molecule has 0 saturated carbocycles. The van der Waals surface area contributed by atoms with Crippen molar-refractivity contribution < 1.29 is 9.90 Å². The first-order valence-electron chi connectivity index (χ1n) is 6.83. The van der Waals surface area contributed by atoms with Crippen molar-refractivity contribution in [2.24, 2.45) is 0 Å². The summed E-state index contributed by atoms with van der Waals surface area (Å²) in [5, 5.41) is 15.7. The van der Waals surface area contributed by atoms with Crippen molar-refractivity contribution in [3.05, 3.63) is 41.1 Å². The molecule has 2 rings (SSSR count). The van der Waals surface area contributed by atoms with Crippen molar-refractivity contribution >= 4 is 5.97 Å². The van der Waals surface area contributed by atoms with E-state index in [1.54, 1.807) is 6.07 Å². The number of hydrogen-bond donors (Lipinski definition) is 2. The summed E-state index contributed by atoms with van der Waals surface area (Å²) in [5.41, 5.74) is 4.22. The summed E-state index contributed by atoms with van der Waals surface area (Å²) in [7, 11) is 0. The zero-order chi connectivity index (χ0) is 14.9. The van der Waals surface area contributed by atoms with Gasteiger partial charge in [-0.2, -0.15) is 5.10 Å². The maximum absolute atomic E-state index is 11.0. The lowest BCUT2D eigenvalue weighted by Gasteiger charge is -2.14. The lowest BCUT2D eigenvalue weighted by atomic mass is 9.90. The third-order valence-corrected chi connectivity index (χ3v) is 3.45. The Morgan fingerprint density at radius 3 is 2.35 bits per heavy atom. The molecule has 0 amide bonds. The lowest BCUT2D eigenvalue weighted by molar-refractivity contribution is 0.0690. The average molecular weight is 272 g/mol. The molecular weight excluding hydrogens is 252 g/mol. The lowest BCUT2D eigenvalue weighted by Crippen LogP contribution is -1.96. The van der Waals surface area contributed by atoms with Gasteiger partial charge in [-0.25, -0.2) is 4.79 Å². The van der Waals surface area contributed by atoms with Crippen LogP contribution in [0.15, 0.2) is 24.3 Å². The van der Waals surface area contributed by atoms with E-state index in [0.29, 0.717) is 17.5 Å². The summed E-state index contributed by atoms with van der Waals surface area (Å²) < 4.78 is 0. The molecule has 0 radical (unpaired) electrons. The number of H-pyrrole nitrogens is 1. The van der Waals surface area contributed by atoms with Gasteiger partial charge in [-0.1, -0.05) is 39.8 Å². The molecule has 0 atom stereocenters. The van der Waals surface area contributed by atoms with Gasteiger partial charge in [0.25, 0.3) is 0 Å². The van der Waals surface area contributed by atoms with E-state index >= 15 is 0 Å². The molecule has 106 valence electrons. The van der Waals surface area contributed by atoms with Gasteiger partial charge in [-0.15, -0.1) is 0 Å². The third kappa shape index (κ3) is 2.74. The minimum Gasteiger partial charge on any atom is -0.477 e. The number of aromatic carboxylic acids is 1. The van der Waals surface area contributed by atoms with Crippen LogP contribution in [0.1, 0.15) is 61.1 Å². The van der Waals surface area contributed by atoms with E-state index in [4.69, 9.17) is 5.11 Å². The first-order chi connectivity index (χ1) is 9.40. The van der Waals surface area contributed by atoms with Crippen LogP contribution in [-0.2, 0) is 0 Å². The minimum absolute atomic E-state index is 0.115. The van der Waals surface area contributed by atoms with Gasteiger partial charge < -0.3 is 5.11 Å². The van der Waals surface area contributed by atoms with E-state index in [1.165, 1.54) is 11.1 Å². The van der Waals surface area contributed by atoms with Crippen LogP contribution in [0.2, 0.25) is 0 Å². The molecule has 0 aliphatic carbocycles. The molecular formula is C16H20N2O2. The van der Waals surface area contributed by atoms with Crippen LogP contribution in [0.25, 0.3) is 11.3 Å². The standard InChI is InChI=1S/C16H20N2O2/c1-9(2)11-5-6-12(10(3)4)13(7-11)14-8-15(16(19)20)18-17-14/h5-10H,1-4H3,(H,17,18)(H,19,20). The van der Waals surface area contributed by atoms with Crippen LogP contribution in [0, 0.1) is 0 Å². The molecule has 0 fully saturated rings. The predicted molar refractivity (Wildman–Crippen MR) is 79.2 cm³/mol. The zero-order valence-corrected chi connectivity index (χ0v) is 12.3. The molecule has 1 aromatic carbocycles. The number of nitrogens with one attached hydrogen (secondary N) is 1. The molecule has 0 aliphatic rings. The molecule has 0 spiro atoms. The Hall–Kier alpha value is -2.10. The highest BCUT2D eigenvalue weighted by molar-refractivity contribution is 5.87. The largest absolute Gasteiger partial charge is 0.477 e.